The van der Waals surface area contributed by atoms with Crippen molar-refractivity contribution in [2.45, 2.75) is 39.2 Å². The minimum absolute atomic E-state index is 0.236. The largest absolute Gasteiger partial charge is 0.491 e. The first-order valence-electron chi connectivity index (χ1n) is 7.26. The van der Waals surface area contributed by atoms with Crippen molar-refractivity contribution < 1.29 is 4.74 Å². The first-order chi connectivity index (χ1) is 9.11. The molecule has 2 N–H and O–H groups in total. The van der Waals surface area contributed by atoms with Gasteiger partial charge in [0.25, 0.3) is 0 Å². The fourth-order valence-electron chi connectivity index (χ4n) is 1.96. The molecule has 108 valence electrons. The Kier molecular flexibility index (Phi) is 7.53. The van der Waals surface area contributed by atoms with E-state index in [9.17, 15) is 0 Å². The van der Waals surface area contributed by atoms with Crippen LogP contribution in [-0.2, 0) is 6.42 Å². The number of nitrogens with zero attached hydrogens (tertiary/aromatic N) is 1. The van der Waals surface area contributed by atoms with Gasteiger partial charge in [-0.15, -0.1) is 0 Å². The molecule has 0 saturated carbocycles. The molecule has 0 radical (unpaired) electrons. The average Bonchev–Trinajstić information content (AvgIpc) is 2.37. The third-order valence-corrected chi connectivity index (χ3v) is 3.07. The predicted molar refractivity (Wildman–Crippen MR) is 81.7 cm³/mol. The van der Waals surface area contributed by atoms with Crippen LogP contribution in [0.2, 0.25) is 0 Å². The number of unbranched alkanes of at least 4 members (excludes halogenated alkanes) is 1. The fraction of sp³-hybridized carbons (Fsp3) is 0.625. The van der Waals surface area contributed by atoms with E-state index in [4.69, 9.17) is 10.5 Å². The highest BCUT2D eigenvalue weighted by Crippen LogP contribution is 2.14. The van der Waals surface area contributed by atoms with Crippen LogP contribution in [0.4, 0.5) is 0 Å². The SMILES string of the molecule is CC(C)Oc1ccc(CCN(C)CCCCN)cc1. The second-order valence-electron chi connectivity index (χ2n) is 5.36. The Balaban J connectivity index is 2.29. The van der Waals surface area contributed by atoms with Crippen LogP contribution < -0.4 is 10.5 Å². The van der Waals surface area contributed by atoms with Crippen molar-refractivity contribution in [1.82, 2.24) is 4.90 Å². The molecule has 0 fully saturated rings. The van der Waals surface area contributed by atoms with Crippen molar-refractivity contribution in [3.63, 3.8) is 0 Å². The summed E-state index contributed by atoms with van der Waals surface area (Å²) in [5.74, 6) is 0.954. The molecule has 1 rings (SSSR count). The van der Waals surface area contributed by atoms with Gasteiger partial charge in [-0.25, -0.2) is 0 Å². The van der Waals surface area contributed by atoms with Crippen LogP contribution in [0.15, 0.2) is 24.3 Å². The van der Waals surface area contributed by atoms with Gasteiger partial charge in [-0.1, -0.05) is 12.1 Å². The number of rotatable bonds is 9. The van der Waals surface area contributed by atoms with E-state index in [0.717, 1.165) is 38.2 Å². The maximum Gasteiger partial charge on any atom is 0.119 e. The summed E-state index contributed by atoms with van der Waals surface area (Å²) in [5.41, 5.74) is 6.86. The lowest BCUT2D eigenvalue weighted by Gasteiger charge is -2.16. The van der Waals surface area contributed by atoms with E-state index >= 15 is 0 Å². The lowest BCUT2D eigenvalue weighted by atomic mass is 10.1. The molecule has 0 atom stereocenters. The number of hydrogen-bond acceptors (Lipinski definition) is 3. The van der Waals surface area contributed by atoms with E-state index in [1.807, 2.05) is 13.8 Å². The zero-order chi connectivity index (χ0) is 14.1. The van der Waals surface area contributed by atoms with Gasteiger partial charge in [-0.3, -0.25) is 0 Å². The highest BCUT2D eigenvalue weighted by molar-refractivity contribution is 5.27. The number of nitrogens with two attached hydrogens (primary N) is 1. The molecule has 1 aromatic carbocycles. The lowest BCUT2D eigenvalue weighted by Crippen LogP contribution is -2.23. The molecule has 0 spiro atoms. The van der Waals surface area contributed by atoms with E-state index in [2.05, 4.69) is 36.2 Å². The van der Waals surface area contributed by atoms with Crippen LogP contribution >= 0.6 is 0 Å². The summed E-state index contributed by atoms with van der Waals surface area (Å²) in [6, 6.07) is 8.43. The van der Waals surface area contributed by atoms with Gasteiger partial charge in [0.2, 0.25) is 0 Å². The summed E-state index contributed by atoms with van der Waals surface area (Å²) in [7, 11) is 2.17. The van der Waals surface area contributed by atoms with Gasteiger partial charge < -0.3 is 15.4 Å². The first kappa shape index (κ1) is 16.0. The summed E-state index contributed by atoms with van der Waals surface area (Å²) in [5, 5.41) is 0. The van der Waals surface area contributed by atoms with Crippen molar-refractivity contribution in [1.29, 1.82) is 0 Å². The Morgan fingerprint density at radius 2 is 1.79 bits per heavy atom. The average molecular weight is 264 g/mol. The van der Waals surface area contributed by atoms with E-state index in [1.165, 1.54) is 12.0 Å². The Hall–Kier alpha value is -1.06. The lowest BCUT2D eigenvalue weighted by molar-refractivity contribution is 0.242. The van der Waals surface area contributed by atoms with E-state index in [0.29, 0.717) is 0 Å². The third kappa shape index (κ3) is 7.19. The Bertz CT molecular complexity index is 335. The molecular formula is C16H28N2O. The topological polar surface area (TPSA) is 38.5 Å². The van der Waals surface area contributed by atoms with Crippen LogP contribution in [0, 0.1) is 0 Å². The predicted octanol–water partition coefficient (Wildman–Crippen LogP) is 2.69. The first-order valence-corrected chi connectivity index (χ1v) is 7.26. The van der Waals surface area contributed by atoms with Crippen LogP contribution in [0.5, 0.6) is 5.75 Å². The highest BCUT2D eigenvalue weighted by Gasteiger charge is 2.01. The maximum atomic E-state index is 5.64. The van der Waals surface area contributed by atoms with E-state index in [1.54, 1.807) is 0 Å². The number of ether oxygens (including phenoxy) is 1. The molecule has 0 aliphatic carbocycles. The van der Waals surface area contributed by atoms with Crippen LogP contribution in [0.25, 0.3) is 0 Å². The van der Waals surface area contributed by atoms with Gasteiger partial charge in [0, 0.05) is 6.54 Å². The van der Waals surface area contributed by atoms with Gasteiger partial charge >= 0.3 is 0 Å². The summed E-state index contributed by atoms with van der Waals surface area (Å²) in [4.78, 5) is 2.37. The number of hydrogen-bond donors (Lipinski definition) is 1. The number of likely N-dealkylation sites (N-methyl/N-ethyl adjacent to an activating group) is 1. The fourth-order valence-corrected chi connectivity index (χ4v) is 1.96. The molecule has 3 heteroatoms. The molecule has 0 amide bonds. The molecule has 0 heterocycles. The van der Waals surface area contributed by atoms with Gasteiger partial charge in [0.1, 0.15) is 5.75 Å². The summed E-state index contributed by atoms with van der Waals surface area (Å²) >= 11 is 0. The molecular weight excluding hydrogens is 236 g/mol. The summed E-state index contributed by atoms with van der Waals surface area (Å²) in [6.45, 7) is 7.11. The standard InChI is InChI=1S/C16H28N2O/c1-14(2)19-16-8-6-15(7-9-16)10-13-18(3)12-5-4-11-17/h6-9,14H,4-5,10-13,17H2,1-3H3. The summed E-state index contributed by atoms with van der Waals surface area (Å²) in [6.07, 6.45) is 3.63. The molecule has 0 aromatic heterocycles. The monoisotopic (exact) mass is 264 g/mol. The minimum atomic E-state index is 0.236. The van der Waals surface area contributed by atoms with Gasteiger partial charge in [-0.2, -0.15) is 0 Å². The zero-order valence-electron chi connectivity index (χ0n) is 12.6. The molecule has 3 nitrogen and oxygen atoms in total. The third-order valence-electron chi connectivity index (χ3n) is 3.07. The van der Waals surface area contributed by atoms with Gasteiger partial charge in [0.05, 0.1) is 6.10 Å². The Morgan fingerprint density at radius 3 is 2.37 bits per heavy atom. The van der Waals surface area contributed by atoms with Gasteiger partial charge in [-0.05, 0) is 70.9 Å². The number of benzene rings is 1. The van der Waals surface area contributed by atoms with Crippen LogP contribution in [0.3, 0.4) is 0 Å². The van der Waals surface area contributed by atoms with E-state index in [-0.39, 0.29) is 6.10 Å². The molecule has 19 heavy (non-hydrogen) atoms. The highest BCUT2D eigenvalue weighted by atomic mass is 16.5. The van der Waals surface area contributed by atoms with Crippen LogP contribution in [0.1, 0.15) is 32.3 Å². The molecule has 0 aliphatic heterocycles. The second-order valence-corrected chi connectivity index (χ2v) is 5.36. The van der Waals surface area contributed by atoms with Crippen molar-refractivity contribution in [3.05, 3.63) is 29.8 Å². The van der Waals surface area contributed by atoms with Crippen molar-refractivity contribution in [2.24, 2.45) is 5.73 Å². The van der Waals surface area contributed by atoms with Crippen molar-refractivity contribution in [2.75, 3.05) is 26.7 Å². The maximum absolute atomic E-state index is 5.64. The Morgan fingerprint density at radius 1 is 1.11 bits per heavy atom. The second kappa shape index (κ2) is 8.94. The van der Waals surface area contributed by atoms with Crippen molar-refractivity contribution in [3.8, 4) is 5.75 Å². The minimum Gasteiger partial charge on any atom is -0.491 e. The molecule has 0 aliphatic rings. The van der Waals surface area contributed by atoms with Gasteiger partial charge in [0.15, 0.2) is 0 Å². The smallest absolute Gasteiger partial charge is 0.119 e. The molecule has 0 saturated heterocycles. The molecule has 1 aromatic rings. The Labute approximate surface area is 117 Å². The quantitative estimate of drug-likeness (QED) is 0.697. The van der Waals surface area contributed by atoms with E-state index < -0.39 is 0 Å². The molecule has 0 unspecified atom stereocenters. The van der Waals surface area contributed by atoms with Crippen LogP contribution in [-0.4, -0.2) is 37.7 Å². The normalized spacial score (nSPS) is 11.3. The molecule has 0 bridgehead atoms. The zero-order valence-corrected chi connectivity index (χ0v) is 12.6. The summed E-state index contributed by atoms with van der Waals surface area (Å²) < 4.78 is 5.64. The van der Waals surface area contributed by atoms with Crippen molar-refractivity contribution >= 4 is 0 Å².